The summed E-state index contributed by atoms with van der Waals surface area (Å²) in [6.45, 7) is 4.26. The Labute approximate surface area is 113 Å². The second-order valence-electron chi connectivity index (χ2n) is 5.70. The lowest BCUT2D eigenvalue weighted by Gasteiger charge is -2.38. The van der Waals surface area contributed by atoms with Crippen molar-refractivity contribution in [2.45, 2.75) is 51.1 Å². The zero-order valence-corrected chi connectivity index (χ0v) is 11.9. The van der Waals surface area contributed by atoms with Crippen molar-refractivity contribution >= 4 is 17.2 Å². The molecular weight excluding hydrogens is 244 g/mol. The maximum Gasteiger partial charge on any atom is 0.222 e. The van der Waals surface area contributed by atoms with E-state index in [1.165, 1.54) is 4.88 Å². The van der Waals surface area contributed by atoms with Crippen LogP contribution in [-0.4, -0.2) is 11.4 Å². The Morgan fingerprint density at radius 3 is 2.72 bits per heavy atom. The number of amides is 1. The number of carbonyl (C=O) groups excluding carboxylic acids is 1. The van der Waals surface area contributed by atoms with Gasteiger partial charge in [0.1, 0.15) is 0 Å². The van der Waals surface area contributed by atoms with Gasteiger partial charge in [-0.2, -0.15) is 0 Å². The molecule has 4 heteroatoms. The third-order valence-corrected chi connectivity index (χ3v) is 4.65. The van der Waals surface area contributed by atoms with Crippen LogP contribution in [0, 0.1) is 5.92 Å². The summed E-state index contributed by atoms with van der Waals surface area (Å²) in [6, 6.07) is 4.22. The van der Waals surface area contributed by atoms with E-state index in [1.54, 1.807) is 11.3 Å². The van der Waals surface area contributed by atoms with Crippen LogP contribution < -0.4 is 11.1 Å². The molecule has 0 spiro atoms. The van der Waals surface area contributed by atoms with Crippen molar-refractivity contribution in [1.82, 2.24) is 5.32 Å². The summed E-state index contributed by atoms with van der Waals surface area (Å²) in [7, 11) is 0. The molecule has 1 heterocycles. The van der Waals surface area contributed by atoms with Gasteiger partial charge in [-0.15, -0.1) is 11.3 Å². The second kappa shape index (κ2) is 5.41. The first-order valence-corrected chi connectivity index (χ1v) is 7.50. The predicted molar refractivity (Wildman–Crippen MR) is 75.4 cm³/mol. The van der Waals surface area contributed by atoms with Gasteiger partial charge in [0.25, 0.3) is 0 Å². The molecule has 18 heavy (non-hydrogen) atoms. The number of thiophene rings is 1. The molecule has 0 saturated heterocycles. The second-order valence-corrected chi connectivity index (χ2v) is 6.68. The molecule has 1 aliphatic rings. The van der Waals surface area contributed by atoms with Gasteiger partial charge < -0.3 is 11.1 Å². The summed E-state index contributed by atoms with van der Waals surface area (Å²) in [6.07, 6.45) is 3.57. The van der Waals surface area contributed by atoms with Crippen molar-refractivity contribution in [3.63, 3.8) is 0 Å². The quantitative estimate of drug-likeness (QED) is 0.861. The molecule has 1 amide bonds. The lowest BCUT2D eigenvalue weighted by molar-refractivity contribution is -0.124. The van der Waals surface area contributed by atoms with Crippen LogP contribution in [0.4, 0.5) is 0 Å². The first-order chi connectivity index (χ1) is 8.50. The summed E-state index contributed by atoms with van der Waals surface area (Å²) < 4.78 is 0. The molecular formula is C14H22N2OS. The minimum atomic E-state index is -0.235. The summed E-state index contributed by atoms with van der Waals surface area (Å²) in [5.41, 5.74) is 5.88. The van der Waals surface area contributed by atoms with Crippen LogP contribution in [0.2, 0.25) is 0 Å². The molecule has 1 aromatic rings. The fourth-order valence-electron chi connectivity index (χ4n) is 2.39. The third-order valence-electron chi connectivity index (χ3n) is 3.69. The molecule has 1 unspecified atom stereocenters. The SMILES string of the molecule is CC(C)C(NC(=O)CC1(N)CCC1)c1cccs1. The maximum absolute atomic E-state index is 12.1. The van der Waals surface area contributed by atoms with Crippen molar-refractivity contribution in [1.29, 1.82) is 0 Å². The summed E-state index contributed by atoms with van der Waals surface area (Å²) in [5.74, 6) is 0.479. The van der Waals surface area contributed by atoms with E-state index < -0.39 is 0 Å². The highest BCUT2D eigenvalue weighted by Gasteiger charge is 2.35. The van der Waals surface area contributed by atoms with Gasteiger partial charge in [-0.1, -0.05) is 19.9 Å². The molecule has 3 N–H and O–H groups in total. The van der Waals surface area contributed by atoms with Gasteiger partial charge in [-0.05, 0) is 36.6 Å². The lowest BCUT2D eigenvalue weighted by Crippen LogP contribution is -2.50. The molecule has 0 bridgehead atoms. The van der Waals surface area contributed by atoms with E-state index in [-0.39, 0.29) is 17.5 Å². The zero-order valence-electron chi connectivity index (χ0n) is 11.1. The first kappa shape index (κ1) is 13.6. The fraction of sp³-hybridized carbons (Fsp3) is 0.643. The Balaban J connectivity index is 1.95. The highest BCUT2D eigenvalue weighted by molar-refractivity contribution is 7.10. The van der Waals surface area contributed by atoms with E-state index in [2.05, 4.69) is 25.2 Å². The Kier molecular flexibility index (Phi) is 4.07. The predicted octanol–water partition coefficient (Wildman–Crippen LogP) is 2.83. The van der Waals surface area contributed by atoms with Crippen molar-refractivity contribution in [3.8, 4) is 0 Å². The minimum Gasteiger partial charge on any atom is -0.348 e. The number of hydrogen-bond donors (Lipinski definition) is 2. The molecule has 1 atom stereocenters. The van der Waals surface area contributed by atoms with E-state index >= 15 is 0 Å². The van der Waals surface area contributed by atoms with E-state index in [0.717, 1.165) is 19.3 Å². The van der Waals surface area contributed by atoms with Crippen LogP contribution in [0.15, 0.2) is 17.5 Å². The molecule has 100 valence electrons. The topological polar surface area (TPSA) is 55.1 Å². The number of nitrogens with two attached hydrogens (primary N) is 1. The average Bonchev–Trinajstić information content (AvgIpc) is 2.76. The highest BCUT2D eigenvalue weighted by Crippen LogP contribution is 2.33. The maximum atomic E-state index is 12.1. The Morgan fingerprint density at radius 1 is 1.56 bits per heavy atom. The number of rotatable bonds is 5. The van der Waals surface area contributed by atoms with Gasteiger partial charge in [0, 0.05) is 16.8 Å². The van der Waals surface area contributed by atoms with Gasteiger partial charge in [0.2, 0.25) is 5.91 Å². The standard InChI is InChI=1S/C14H22N2OS/c1-10(2)13(11-5-3-8-18-11)16-12(17)9-14(15)6-4-7-14/h3,5,8,10,13H,4,6-7,9,15H2,1-2H3,(H,16,17). The highest BCUT2D eigenvalue weighted by atomic mass is 32.1. The normalized spacial score (nSPS) is 19.3. The van der Waals surface area contributed by atoms with Crippen LogP contribution in [0.3, 0.4) is 0 Å². The van der Waals surface area contributed by atoms with Crippen molar-refractivity contribution in [3.05, 3.63) is 22.4 Å². The molecule has 0 radical (unpaired) electrons. The Bertz CT molecular complexity index is 396. The largest absolute Gasteiger partial charge is 0.348 e. The van der Waals surface area contributed by atoms with Crippen LogP contribution in [0.5, 0.6) is 0 Å². The third kappa shape index (κ3) is 3.12. The average molecular weight is 266 g/mol. The lowest BCUT2D eigenvalue weighted by atomic mass is 9.75. The summed E-state index contributed by atoms with van der Waals surface area (Å²) in [4.78, 5) is 13.3. The molecule has 0 aliphatic heterocycles. The molecule has 3 nitrogen and oxygen atoms in total. The Morgan fingerprint density at radius 2 is 2.28 bits per heavy atom. The number of hydrogen-bond acceptors (Lipinski definition) is 3. The number of carbonyl (C=O) groups is 1. The molecule has 2 rings (SSSR count). The smallest absolute Gasteiger partial charge is 0.222 e. The Hall–Kier alpha value is -0.870. The van der Waals surface area contributed by atoms with Crippen molar-refractivity contribution in [2.75, 3.05) is 0 Å². The van der Waals surface area contributed by atoms with Gasteiger partial charge in [0.15, 0.2) is 0 Å². The summed E-state index contributed by atoms with van der Waals surface area (Å²) in [5, 5.41) is 5.18. The van der Waals surface area contributed by atoms with Crippen LogP contribution in [-0.2, 0) is 4.79 Å². The van der Waals surface area contributed by atoms with Crippen LogP contribution >= 0.6 is 11.3 Å². The minimum absolute atomic E-state index is 0.0873. The molecule has 1 aliphatic carbocycles. The molecule has 1 saturated carbocycles. The number of nitrogens with one attached hydrogen (secondary N) is 1. The summed E-state index contributed by atoms with van der Waals surface area (Å²) >= 11 is 1.69. The van der Waals surface area contributed by atoms with E-state index in [1.807, 2.05) is 11.4 Å². The van der Waals surface area contributed by atoms with Crippen LogP contribution in [0.1, 0.15) is 50.4 Å². The van der Waals surface area contributed by atoms with Gasteiger partial charge >= 0.3 is 0 Å². The van der Waals surface area contributed by atoms with E-state index in [4.69, 9.17) is 5.73 Å². The van der Waals surface area contributed by atoms with E-state index in [9.17, 15) is 4.79 Å². The monoisotopic (exact) mass is 266 g/mol. The van der Waals surface area contributed by atoms with Crippen molar-refractivity contribution < 1.29 is 4.79 Å². The van der Waals surface area contributed by atoms with Gasteiger partial charge in [0.05, 0.1) is 6.04 Å². The van der Waals surface area contributed by atoms with E-state index in [0.29, 0.717) is 12.3 Å². The molecule has 0 aromatic carbocycles. The van der Waals surface area contributed by atoms with Crippen molar-refractivity contribution in [2.24, 2.45) is 11.7 Å². The molecule has 1 fully saturated rings. The fourth-order valence-corrected chi connectivity index (χ4v) is 3.34. The van der Waals surface area contributed by atoms with Crippen LogP contribution in [0.25, 0.3) is 0 Å². The van der Waals surface area contributed by atoms with Gasteiger partial charge in [-0.25, -0.2) is 0 Å². The first-order valence-electron chi connectivity index (χ1n) is 6.62. The molecule has 1 aromatic heterocycles. The zero-order chi connectivity index (χ0) is 13.2. The van der Waals surface area contributed by atoms with Gasteiger partial charge in [-0.3, -0.25) is 4.79 Å².